The standard InChI is InChI=1S/C17H17NO3/c18-13-10-16(21-14-4-2-1-3-12(13)14)11-5-6-15-17(9-11)20-8-7-19-15/h1-6,9,13,16H,7-8,10,18H2/t13-,16?/m0/s1. The van der Waals surface area contributed by atoms with E-state index >= 15 is 0 Å². The summed E-state index contributed by atoms with van der Waals surface area (Å²) in [6, 6.07) is 13.9. The van der Waals surface area contributed by atoms with E-state index in [0.717, 1.165) is 34.8 Å². The Morgan fingerprint density at radius 3 is 2.62 bits per heavy atom. The van der Waals surface area contributed by atoms with Crippen LogP contribution in [0.5, 0.6) is 17.2 Å². The van der Waals surface area contributed by atoms with E-state index < -0.39 is 0 Å². The van der Waals surface area contributed by atoms with Crippen molar-refractivity contribution in [1.29, 1.82) is 0 Å². The predicted octanol–water partition coefficient (Wildman–Crippen LogP) is 2.98. The van der Waals surface area contributed by atoms with Crippen LogP contribution in [0.2, 0.25) is 0 Å². The topological polar surface area (TPSA) is 53.7 Å². The summed E-state index contributed by atoms with van der Waals surface area (Å²) in [6.45, 7) is 1.19. The van der Waals surface area contributed by atoms with Gasteiger partial charge in [0.15, 0.2) is 11.5 Å². The lowest BCUT2D eigenvalue weighted by Gasteiger charge is -2.31. The van der Waals surface area contributed by atoms with Crippen molar-refractivity contribution in [3.63, 3.8) is 0 Å². The van der Waals surface area contributed by atoms with E-state index in [-0.39, 0.29) is 12.1 Å². The van der Waals surface area contributed by atoms with Gasteiger partial charge in [-0.25, -0.2) is 0 Å². The summed E-state index contributed by atoms with van der Waals surface area (Å²) in [4.78, 5) is 0. The van der Waals surface area contributed by atoms with E-state index in [1.165, 1.54) is 0 Å². The number of nitrogens with two attached hydrogens (primary N) is 1. The number of rotatable bonds is 1. The van der Waals surface area contributed by atoms with Gasteiger partial charge in [0.05, 0.1) is 0 Å². The fourth-order valence-electron chi connectivity index (χ4n) is 2.92. The SMILES string of the molecule is N[C@H]1CC(c2ccc3c(c2)OCCO3)Oc2ccccc21. The molecule has 2 aliphatic rings. The fourth-order valence-corrected chi connectivity index (χ4v) is 2.92. The maximum atomic E-state index is 6.28. The summed E-state index contributed by atoms with van der Waals surface area (Å²) < 4.78 is 17.3. The maximum absolute atomic E-state index is 6.28. The molecule has 2 aromatic rings. The Labute approximate surface area is 123 Å². The number of hydrogen-bond donors (Lipinski definition) is 1. The summed E-state index contributed by atoms with van der Waals surface area (Å²) in [7, 11) is 0. The second-order valence-corrected chi connectivity index (χ2v) is 5.39. The van der Waals surface area contributed by atoms with Gasteiger partial charge >= 0.3 is 0 Å². The molecule has 0 aliphatic carbocycles. The molecule has 0 bridgehead atoms. The quantitative estimate of drug-likeness (QED) is 0.874. The van der Waals surface area contributed by atoms with Crippen LogP contribution in [-0.2, 0) is 0 Å². The number of fused-ring (bicyclic) bond motifs is 2. The van der Waals surface area contributed by atoms with Gasteiger partial charge in [0.1, 0.15) is 25.1 Å². The van der Waals surface area contributed by atoms with Crippen LogP contribution in [0.3, 0.4) is 0 Å². The van der Waals surface area contributed by atoms with Crippen LogP contribution >= 0.6 is 0 Å². The van der Waals surface area contributed by atoms with E-state index in [4.69, 9.17) is 19.9 Å². The molecule has 0 spiro atoms. The summed E-state index contributed by atoms with van der Waals surface area (Å²) in [5, 5.41) is 0. The monoisotopic (exact) mass is 283 g/mol. The molecule has 4 rings (SSSR count). The number of para-hydroxylation sites is 1. The zero-order valence-corrected chi connectivity index (χ0v) is 11.6. The van der Waals surface area contributed by atoms with E-state index in [0.29, 0.717) is 13.2 Å². The molecule has 2 N–H and O–H groups in total. The van der Waals surface area contributed by atoms with Crippen molar-refractivity contribution < 1.29 is 14.2 Å². The molecule has 21 heavy (non-hydrogen) atoms. The van der Waals surface area contributed by atoms with E-state index in [9.17, 15) is 0 Å². The van der Waals surface area contributed by atoms with E-state index in [1.54, 1.807) is 0 Å². The molecule has 2 atom stereocenters. The Morgan fingerprint density at radius 1 is 0.905 bits per heavy atom. The smallest absolute Gasteiger partial charge is 0.161 e. The van der Waals surface area contributed by atoms with Gasteiger partial charge < -0.3 is 19.9 Å². The molecule has 0 radical (unpaired) electrons. The highest BCUT2D eigenvalue weighted by atomic mass is 16.6. The highest BCUT2D eigenvalue weighted by Gasteiger charge is 2.27. The maximum Gasteiger partial charge on any atom is 0.161 e. The molecule has 4 nitrogen and oxygen atoms in total. The number of ether oxygens (including phenoxy) is 3. The van der Waals surface area contributed by atoms with Gasteiger partial charge in [-0.3, -0.25) is 0 Å². The predicted molar refractivity (Wildman–Crippen MR) is 78.8 cm³/mol. The van der Waals surface area contributed by atoms with Crippen LogP contribution in [0.25, 0.3) is 0 Å². The molecule has 0 saturated carbocycles. The van der Waals surface area contributed by atoms with Crippen molar-refractivity contribution in [1.82, 2.24) is 0 Å². The first-order valence-corrected chi connectivity index (χ1v) is 7.22. The molecule has 1 unspecified atom stereocenters. The van der Waals surface area contributed by atoms with Crippen molar-refractivity contribution in [3.05, 3.63) is 53.6 Å². The first-order chi connectivity index (χ1) is 10.3. The summed E-state index contributed by atoms with van der Waals surface area (Å²) in [5.74, 6) is 2.46. The molecule has 0 saturated heterocycles. The molecule has 0 aromatic heterocycles. The third-order valence-corrected chi connectivity index (χ3v) is 3.99. The Kier molecular flexibility index (Phi) is 2.97. The lowest BCUT2D eigenvalue weighted by molar-refractivity contribution is 0.156. The highest BCUT2D eigenvalue weighted by molar-refractivity contribution is 5.46. The normalized spacial score (nSPS) is 23.1. The van der Waals surface area contributed by atoms with Gasteiger partial charge in [-0.1, -0.05) is 24.3 Å². The third-order valence-electron chi connectivity index (χ3n) is 3.99. The molecule has 0 amide bonds. The molecule has 2 aromatic carbocycles. The molecule has 2 aliphatic heterocycles. The van der Waals surface area contributed by atoms with Crippen molar-refractivity contribution in [2.75, 3.05) is 13.2 Å². The Balaban J connectivity index is 1.66. The highest BCUT2D eigenvalue weighted by Crippen LogP contribution is 2.41. The zero-order chi connectivity index (χ0) is 14.2. The minimum Gasteiger partial charge on any atom is -0.486 e. The molecule has 0 fully saturated rings. The van der Waals surface area contributed by atoms with Crippen LogP contribution in [0.4, 0.5) is 0 Å². The Morgan fingerprint density at radius 2 is 1.71 bits per heavy atom. The van der Waals surface area contributed by atoms with Crippen molar-refractivity contribution in [2.24, 2.45) is 5.73 Å². The third kappa shape index (κ3) is 2.21. The first kappa shape index (κ1) is 12.5. The van der Waals surface area contributed by atoms with Gasteiger partial charge in [0.2, 0.25) is 0 Å². The lowest BCUT2D eigenvalue weighted by atomic mass is 9.93. The van der Waals surface area contributed by atoms with Gasteiger partial charge in [0.25, 0.3) is 0 Å². The van der Waals surface area contributed by atoms with Crippen molar-refractivity contribution >= 4 is 0 Å². The average molecular weight is 283 g/mol. The van der Waals surface area contributed by atoms with Crippen molar-refractivity contribution in [2.45, 2.75) is 18.6 Å². The Hall–Kier alpha value is -2.20. The van der Waals surface area contributed by atoms with Crippen LogP contribution < -0.4 is 19.9 Å². The lowest BCUT2D eigenvalue weighted by Crippen LogP contribution is -2.24. The number of benzene rings is 2. The molecule has 2 heterocycles. The first-order valence-electron chi connectivity index (χ1n) is 7.22. The fraction of sp³-hybridized carbons (Fsp3) is 0.294. The number of hydrogen-bond acceptors (Lipinski definition) is 4. The van der Waals surface area contributed by atoms with Gasteiger partial charge in [-0.15, -0.1) is 0 Å². The summed E-state index contributed by atoms with van der Waals surface area (Å²) in [5.41, 5.74) is 8.42. The van der Waals surface area contributed by atoms with Gasteiger partial charge in [-0.05, 0) is 23.8 Å². The largest absolute Gasteiger partial charge is 0.486 e. The second-order valence-electron chi connectivity index (χ2n) is 5.39. The minimum atomic E-state index is -0.0503. The van der Waals surface area contributed by atoms with Crippen molar-refractivity contribution in [3.8, 4) is 17.2 Å². The van der Waals surface area contributed by atoms with Crippen LogP contribution in [0.15, 0.2) is 42.5 Å². The second kappa shape index (κ2) is 4.97. The van der Waals surface area contributed by atoms with E-state index in [2.05, 4.69) is 0 Å². The van der Waals surface area contributed by atoms with E-state index in [1.807, 2.05) is 42.5 Å². The average Bonchev–Trinajstić information content (AvgIpc) is 2.54. The minimum absolute atomic E-state index is 0.00634. The molecular formula is C17H17NO3. The van der Waals surface area contributed by atoms with Gasteiger partial charge in [0, 0.05) is 18.0 Å². The molecular weight excluding hydrogens is 266 g/mol. The Bertz CT molecular complexity index is 671. The van der Waals surface area contributed by atoms with Crippen LogP contribution in [0.1, 0.15) is 29.7 Å². The van der Waals surface area contributed by atoms with Crippen LogP contribution in [-0.4, -0.2) is 13.2 Å². The molecule has 4 heteroatoms. The molecule has 108 valence electrons. The van der Waals surface area contributed by atoms with Gasteiger partial charge in [-0.2, -0.15) is 0 Å². The van der Waals surface area contributed by atoms with Crippen LogP contribution in [0, 0.1) is 0 Å². The summed E-state index contributed by atoms with van der Waals surface area (Å²) in [6.07, 6.45) is 0.710. The summed E-state index contributed by atoms with van der Waals surface area (Å²) >= 11 is 0. The zero-order valence-electron chi connectivity index (χ0n) is 11.6.